The van der Waals surface area contributed by atoms with Gasteiger partial charge in [-0.3, -0.25) is 0 Å². The first-order valence-electron chi connectivity index (χ1n) is 5.76. The molecule has 18 heavy (non-hydrogen) atoms. The second-order valence-corrected chi connectivity index (χ2v) is 5.02. The van der Waals surface area contributed by atoms with E-state index in [1.54, 1.807) is 11.3 Å². The number of imidazole rings is 1. The van der Waals surface area contributed by atoms with Crippen molar-refractivity contribution in [2.45, 2.75) is 12.8 Å². The van der Waals surface area contributed by atoms with Crippen molar-refractivity contribution in [3.05, 3.63) is 41.3 Å². The van der Waals surface area contributed by atoms with Crippen LogP contribution in [0.3, 0.4) is 0 Å². The van der Waals surface area contributed by atoms with E-state index in [1.807, 2.05) is 23.6 Å². The lowest BCUT2D eigenvalue weighted by molar-refractivity contribution is 1.01. The molecule has 0 radical (unpaired) electrons. The third-order valence-electron chi connectivity index (χ3n) is 2.83. The molecule has 0 saturated heterocycles. The predicted molar refractivity (Wildman–Crippen MR) is 73.3 cm³/mol. The highest BCUT2D eigenvalue weighted by Crippen LogP contribution is 2.25. The van der Waals surface area contributed by atoms with Gasteiger partial charge in [-0.25, -0.2) is 4.98 Å². The molecule has 1 aromatic carbocycles. The number of H-pyrrole nitrogens is 1. The van der Waals surface area contributed by atoms with Gasteiger partial charge >= 0.3 is 0 Å². The van der Waals surface area contributed by atoms with E-state index in [2.05, 4.69) is 28.2 Å². The number of nitrogens with zero attached hydrogens (tertiary/aromatic N) is 2. The summed E-state index contributed by atoms with van der Waals surface area (Å²) in [6.07, 6.45) is 1.34. The zero-order chi connectivity index (χ0) is 12.4. The number of fused-ring (bicyclic) bond motifs is 1. The molecule has 2 heterocycles. The Morgan fingerprint density at radius 3 is 3.06 bits per heavy atom. The Balaban J connectivity index is 2.00. The average Bonchev–Trinajstić information content (AvgIpc) is 3.03. The Hall–Kier alpha value is -2.12. The number of hydrogen-bond donors (Lipinski definition) is 1. The van der Waals surface area contributed by atoms with Crippen LogP contribution in [-0.4, -0.2) is 9.97 Å². The van der Waals surface area contributed by atoms with Gasteiger partial charge < -0.3 is 4.98 Å². The van der Waals surface area contributed by atoms with Crippen molar-refractivity contribution < 1.29 is 0 Å². The molecule has 2 aromatic heterocycles. The number of aryl methyl sites for hydroxylation is 1. The van der Waals surface area contributed by atoms with E-state index in [0.717, 1.165) is 28.2 Å². The fourth-order valence-electron chi connectivity index (χ4n) is 1.94. The van der Waals surface area contributed by atoms with E-state index in [4.69, 9.17) is 5.26 Å². The predicted octanol–water partition coefficient (Wildman–Crippen LogP) is 3.75. The van der Waals surface area contributed by atoms with Gasteiger partial charge in [-0.05, 0) is 35.6 Å². The van der Waals surface area contributed by atoms with Crippen molar-refractivity contribution in [3.63, 3.8) is 0 Å². The van der Waals surface area contributed by atoms with Crippen molar-refractivity contribution in [3.8, 4) is 16.8 Å². The molecule has 0 saturated carbocycles. The van der Waals surface area contributed by atoms with Crippen molar-refractivity contribution in [2.24, 2.45) is 0 Å². The summed E-state index contributed by atoms with van der Waals surface area (Å²) < 4.78 is 0. The quantitative estimate of drug-likeness (QED) is 0.773. The van der Waals surface area contributed by atoms with E-state index in [9.17, 15) is 0 Å². The smallest absolute Gasteiger partial charge is 0.148 e. The standard InChI is InChI=1S/C14H11N3S/c15-7-1-3-10-5-6-11-12(9-10)17-14(16-11)13-4-2-8-18-13/h2,4-6,8-9H,1,3H2,(H,16,17). The van der Waals surface area contributed by atoms with Gasteiger partial charge in [0.1, 0.15) is 5.82 Å². The van der Waals surface area contributed by atoms with Gasteiger partial charge in [0.15, 0.2) is 0 Å². The minimum absolute atomic E-state index is 0.553. The molecule has 0 aliphatic carbocycles. The lowest BCUT2D eigenvalue weighted by Crippen LogP contribution is -1.83. The normalized spacial score (nSPS) is 10.6. The van der Waals surface area contributed by atoms with Gasteiger partial charge in [-0.1, -0.05) is 12.1 Å². The van der Waals surface area contributed by atoms with Crippen LogP contribution in [0, 0.1) is 11.3 Å². The number of thiophene rings is 1. The fourth-order valence-corrected chi connectivity index (χ4v) is 2.61. The molecule has 0 spiro atoms. The van der Waals surface area contributed by atoms with Crippen molar-refractivity contribution in [2.75, 3.05) is 0 Å². The zero-order valence-electron chi connectivity index (χ0n) is 9.68. The lowest BCUT2D eigenvalue weighted by atomic mass is 10.1. The fraction of sp³-hybridized carbons (Fsp3) is 0.143. The minimum atomic E-state index is 0.553. The average molecular weight is 253 g/mol. The lowest BCUT2D eigenvalue weighted by Gasteiger charge is -1.95. The molecule has 0 atom stereocenters. The maximum atomic E-state index is 8.60. The second kappa shape index (κ2) is 4.63. The number of rotatable bonds is 3. The molecule has 0 unspecified atom stereocenters. The molecular formula is C14H11N3S. The largest absolute Gasteiger partial charge is 0.337 e. The van der Waals surface area contributed by atoms with E-state index in [1.165, 1.54) is 5.56 Å². The summed E-state index contributed by atoms with van der Waals surface area (Å²) in [5, 5.41) is 10.6. The summed E-state index contributed by atoms with van der Waals surface area (Å²) in [6.45, 7) is 0. The van der Waals surface area contributed by atoms with Crippen LogP contribution in [0.2, 0.25) is 0 Å². The number of aromatic nitrogens is 2. The Kier molecular flexibility index (Phi) is 2.83. The Morgan fingerprint density at radius 1 is 1.33 bits per heavy atom. The van der Waals surface area contributed by atoms with Gasteiger partial charge in [-0.2, -0.15) is 5.26 Å². The second-order valence-electron chi connectivity index (χ2n) is 4.07. The SMILES string of the molecule is N#CCCc1ccc2nc(-c3cccs3)[nH]c2c1. The molecule has 0 bridgehead atoms. The molecule has 0 amide bonds. The Morgan fingerprint density at radius 2 is 2.28 bits per heavy atom. The van der Waals surface area contributed by atoms with E-state index in [0.29, 0.717) is 6.42 Å². The van der Waals surface area contributed by atoms with Crippen LogP contribution in [0.25, 0.3) is 21.7 Å². The van der Waals surface area contributed by atoms with Crippen molar-refractivity contribution in [1.29, 1.82) is 5.26 Å². The van der Waals surface area contributed by atoms with E-state index in [-0.39, 0.29) is 0 Å². The number of nitriles is 1. The van der Waals surface area contributed by atoms with Gasteiger partial charge in [0.05, 0.1) is 22.0 Å². The summed E-state index contributed by atoms with van der Waals surface area (Å²) in [7, 11) is 0. The van der Waals surface area contributed by atoms with E-state index >= 15 is 0 Å². The third kappa shape index (κ3) is 2.01. The first kappa shape index (κ1) is 11.0. The first-order valence-corrected chi connectivity index (χ1v) is 6.64. The van der Waals surface area contributed by atoms with Crippen LogP contribution in [0.4, 0.5) is 0 Å². The monoisotopic (exact) mass is 253 g/mol. The van der Waals surface area contributed by atoms with Gasteiger partial charge in [0.25, 0.3) is 0 Å². The van der Waals surface area contributed by atoms with E-state index < -0.39 is 0 Å². The molecule has 0 aliphatic rings. The number of benzene rings is 1. The first-order chi connectivity index (χ1) is 8.86. The number of hydrogen-bond acceptors (Lipinski definition) is 3. The summed E-state index contributed by atoms with van der Waals surface area (Å²) in [4.78, 5) is 9.04. The number of nitrogens with one attached hydrogen (secondary N) is 1. The molecule has 0 aliphatic heterocycles. The molecule has 3 nitrogen and oxygen atoms in total. The summed E-state index contributed by atoms with van der Waals surface area (Å²) in [5.41, 5.74) is 3.18. The molecule has 3 aromatic rings. The highest BCUT2D eigenvalue weighted by atomic mass is 32.1. The van der Waals surface area contributed by atoms with Gasteiger partial charge in [0.2, 0.25) is 0 Å². The van der Waals surface area contributed by atoms with Crippen LogP contribution in [0.15, 0.2) is 35.7 Å². The van der Waals surface area contributed by atoms with Crippen LogP contribution in [0.1, 0.15) is 12.0 Å². The molecule has 4 heteroatoms. The van der Waals surface area contributed by atoms with Crippen LogP contribution < -0.4 is 0 Å². The number of aromatic amines is 1. The molecule has 88 valence electrons. The highest BCUT2D eigenvalue weighted by Gasteiger charge is 2.06. The highest BCUT2D eigenvalue weighted by molar-refractivity contribution is 7.13. The Labute approximate surface area is 109 Å². The topological polar surface area (TPSA) is 52.5 Å². The van der Waals surface area contributed by atoms with Crippen molar-refractivity contribution >= 4 is 22.4 Å². The summed E-state index contributed by atoms with van der Waals surface area (Å²) >= 11 is 1.67. The molecule has 0 fully saturated rings. The van der Waals surface area contributed by atoms with Crippen LogP contribution >= 0.6 is 11.3 Å². The molecule has 1 N–H and O–H groups in total. The minimum Gasteiger partial charge on any atom is -0.337 e. The zero-order valence-corrected chi connectivity index (χ0v) is 10.5. The third-order valence-corrected chi connectivity index (χ3v) is 3.70. The van der Waals surface area contributed by atoms with Crippen LogP contribution in [-0.2, 0) is 6.42 Å². The molecular weight excluding hydrogens is 242 g/mol. The maximum absolute atomic E-state index is 8.60. The van der Waals surface area contributed by atoms with Gasteiger partial charge in [-0.15, -0.1) is 11.3 Å². The maximum Gasteiger partial charge on any atom is 0.148 e. The summed E-state index contributed by atoms with van der Waals surface area (Å²) in [5.74, 6) is 0.914. The van der Waals surface area contributed by atoms with Crippen LogP contribution in [0.5, 0.6) is 0 Å². The van der Waals surface area contributed by atoms with Gasteiger partial charge in [0, 0.05) is 6.42 Å². The Bertz CT molecular complexity index is 704. The summed E-state index contributed by atoms with van der Waals surface area (Å²) in [6, 6.07) is 12.4. The van der Waals surface area contributed by atoms with Crippen molar-refractivity contribution in [1.82, 2.24) is 9.97 Å². The molecule has 3 rings (SSSR count).